The first-order valence-corrected chi connectivity index (χ1v) is 13.3. The van der Waals surface area contributed by atoms with Gasteiger partial charge in [0, 0.05) is 44.4 Å². The van der Waals surface area contributed by atoms with Gasteiger partial charge in [-0.05, 0) is 45.0 Å². The number of sulfonamides is 1. The zero-order valence-electron chi connectivity index (χ0n) is 20.3. The number of aryl methyl sites for hydroxylation is 2. The van der Waals surface area contributed by atoms with Gasteiger partial charge in [-0.1, -0.05) is 13.8 Å². The van der Waals surface area contributed by atoms with E-state index in [0.717, 1.165) is 25.2 Å². The zero-order valence-corrected chi connectivity index (χ0v) is 21.1. The molecule has 1 N–H and O–H groups in total. The van der Waals surface area contributed by atoms with Crippen molar-refractivity contribution in [1.29, 1.82) is 0 Å². The van der Waals surface area contributed by atoms with Crippen LogP contribution in [0.5, 0.6) is 5.75 Å². The fourth-order valence-electron chi connectivity index (χ4n) is 4.49. The van der Waals surface area contributed by atoms with Gasteiger partial charge < -0.3 is 14.6 Å². The van der Waals surface area contributed by atoms with Gasteiger partial charge >= 0.3 is 0 Å². The summed E-state index contributed by atoms with van der Waals surface area (Å²) in [6, 6.07) is 4.85. The van der Waals surface area contributed by atoms with E-state index in [4.69, 9.17) is 4.74 Å². The van der Waals surface area contributed by atoms with E-state index < -0.39 is 10.0 Å². The molecule has 0 atom stereocenters. The molecular formula is C24H33N5O4S. The van der Waals surface area contributed by atoms with Crippen LogP contribution in [-0.4, -0.2) is 71.3 Å². The highest BCUT2D eigenvalue weighted by Crippen LogP contribution is 2.32. The number of rotatable bonds is 8. The Morgan fingerprint density at radius 3 is 2.50 bits per heavy atom. The molecule has 4 rings (SSSR count). The van der Waals surface area contributed by atoms with Gasteiger partial charge in [-0.25, -0.2) is 13.4 Å². The second kappa shape index (κ2) is 9.89. The van der Waals surface area contributed by atoms with Gasteiger partial charge in [0.15, 0.2) is 0 Å². The number of nitrogens with zero attached hydrogens (tertiary/aromatic N) is 4. The lowest BCUT2D eigenvalue weighted by Gasteiger charge is -2.33. The van der Waals surface area contributed by atoms with Crippen LogP contribution in [0, 0.1) is 6.92 Å². The van der Waals surface area contributed by atoms with E-state index in [1.165, 1.54) is 4.31 Å². The number of fused-ring (bicyclic) bond motifs is 1. The van der Waals surface area contributed by atoms with Gasteiger partial charge in [-0.3, -0.25) is 9.20 Å². The van der Waals surface area contributed by atoms with Crippen molar-refractivity contribution >= 4 is 15.5 Å². The summed E-state index contributed by atoms with van der Waals surface area (Å²) >= 11 is 0. The Kier molecular flexibility index (Phi) is 7.11. The quantitative estimate of drug-likeness (QED) is 0.524. The second-order valence-electron chi connectivity index (χ2n) is 8.51. The number of aromatic nitrogens is 3. The summed E-state index contributed by atoms with van der Waals surface area (Å²) in [4.78, 5) is 22.9. The van der Waals surface area contributed by atoms with Gasteiger partial charge in [0.05, 0.1) is 22.9 Å². The molecule has 0 bridgehead atoms. The first-order chi connectivity index (χ1) is 16.3. The lowest BCUT2D eigenvalue weighted by molar-refractivity contribution is 0.196. The lowest BCUT2D eigenvalue weighted by atomic mass is 10.1. The van der Waals surface area contributed by atoms with Crippen LogP contribution >= 0.6 is 0 Å². The van der Waals surface area contributed by atoms with Crippen molar-refractivity contribution in [2.45, 2.75) is 45.4 Å². The van der Waals surface area contributed by atoms with Gasteiger partial charge in [0.2, 0.25) is 10.0 Å². The minimum atomic E-state index is -3.68. The maximum absolute atomic E-state index is 13.4. The van der Waals surface area contributed by atoms with Crippen molar-refractivity contribution in [1.82, 2.24) is 23.6 Å². The van der Waals surface area contributed by atoms with Crippen LogP contribution in [0.4, 0.5) is 0 Å². The average molecular weight is 488 g/mol. The number of benzene rings is 1. The van der Waals surface area contributed by atoms with Crippen molar-refractivity contribution in [2.75, 3.05) is 39.3 Å². The van der Waals surface area contributed by atoms with Crippen LogP contribution in [-0.2, 0) is 16.4 Å². The third-order valence-corrected chi connectivity index (χ3v) is 8.21. The van der Waals surface area contributed by atoms with E-state index >= 15 is 0 Å². The van der Waals surface area contributed by atoms with Crippen LogP contribution in [0.25, 0.3) is 16.8 Å². The fourth-order valence-corrected chi connectivity index (χ4v) is 5.94. The molecule has 1 aromatic carbocycles. The molecule has 0 amide bonds. The predicted octanol–water partition coefficient (Wildman–Crippen LogP) is 2.68. The van der Waals surface area contributed by atoms with Crippen LogP contribution < -0.4 is 10.3 Å². The summed E-state index contributed by atoms with van der Waals surface area (Å²) in [7, 11) is -3.68. The van der Waals surface area contributed by atoms with Crippen molar-refractivity contribution in [3.05, 3.63) is 46.3 Å². The fraction of sp³-hybridized carbons (Fsp3) is 0.500. The molecule has 1 fully saturated rings. The number of hydrogen-bond acceptors (Lipinski definition) is 6. The predicted molar refractivity (Wildman–Crippen MR) is 132 cm³/mol. The molecule has 1 aliphatic heterocycles. The number of likely N-dealkylation sites (N-methyl/N-ethyl adjacent to an activating group) is 1. The first-order valence-electron chi connectivity index (χ1n) is 11.9. The summed E-state index contributed by atoms with van der Waals surface area (Å²) < 4.78 is 36.0. The van der Waals surface area contributed by atoms with E-state index in [9.17, 15) is 13.2 Å². The van der Waals surface area contributed by atoms with Crippen LogP contribution in [0.15, 0.2) is 34.1 Å². The summed E-state index contributed by atoms with van der Waals surface area (Å²) in [5.41, 5.74) is 1.93. The number of aromatic amines is 1. The number of ether oxygens (including phenoxy) is 1. The molecule has 0 radical (unpaired) electrons. The maximum atomic E-state index is 13.4. The number of piperazine rings is 1. The zero-order chi connectivity index (χ0) is 24.5. The first kappa shape index (κ1) is 24.4. The number of hydrogen-bond donors (Lipinski definition) is 1. The lowest BCUT2D eigenvalue weighted by Crippen LogP contribution is -2.48. The molecule has 1 saturated heterocycles. The molecule has 0 saturated carbocycles. The second-order valence-corrected chi connectivity index (χ2v) is 10.4. The van der Waals surface area contributed by atoms with Gasteiger partial charge in [0.25, 0.3) is 5.56 Å². The summed E-state index contributed by atoms with van der Waals surface area (Å²) in [6.45, 7) is 11.5. The van der Waals surface area contributed by atoms with E-state index in [0.29, 0.717) is 61.0 Å². The van der Waals surface area contributed by atoms with E-state index in [1.807, 2.05) is 24.4 Å². The molecule has 184 valence electrons. The summed E-state index contributed by atoms with van der Waals surface area (Å²) in [5.74, 6) is 1.32. The van der Waals surface area contributed by atoms with E-state index in [-0.39, 0.29) is 10.5 Å². The number of H-pyrrole nitrogens is 1. The van der Waals surface area contributed by atoms with E-state index in [1.54, 1.807) is 18.2 Å². The SMILES string of the molecule is CCCc1nc(C)c2c(=O)[nH]c(-c3cc(S(=O)(=O)N4CCN(CC)CC4)ccc3OCC)cn12. The molecule has 9 nitrogen and oxygen atoms in total. The monoisotopic (exact) mass is 487 g/mol. The molecule has 0 aliphatic carbocycles. The molecule has 3 aromatic rings. The minimum Gasteiger partial charge on any atom is -0.493 e. The molecule has 0 unspecified atom stereocenters. The van der Waals surface area contributed by atoms with Gasteiger partial charge in [-0.15, -0.1) is 0 Å². The molecule has 34 heavy (non-hydrogen) atoms. The Balaban J connectivity index is 1.82. The van der Waals surface area contributed by atoms with Crippen molar-refractivity contribution in [2.24, 2.45) is 0 Å². The molecular weight excluding hydrogens is 454 g/mol. The van der Waals surface area contributed by atoms with Crippen LogP contribution in [0.1, 0.15) is 38.7 Å². The average Bonchev–Trinajstić information content (AvgIpc) is 3.15. The Labute approximate surface area is 200 Å². The number of nitrogens with one attached hydrogen (secondary N) is 1. The maximum Gasteiger partial charge on any atom is 0.274 e. The van der Waals surface area contributed by atoms with Crippen molar-refractivity contribution in [3.63, 3.8) is 0 Å². The largest absolute Gasteiger partial charge is 0.493 e. The van der Waals surface area contributed by atoms with Gasteiger partial charge in [-0.2, -0.15) is 4.31 Å². The Hall–Kier alpha value is -2.69. The van der Waals surface area contributed by atoms with Crippen LogP contribution in [0.2, 0.25) is 0 Å². The van der Waals surface area contributed by atoms with E-state index in [2.05, 4.69) is 28.7 Å². The summed E-state index contributed by atoms with van der Waals surface area (Å²) in [5, 5.41) is 0. The normalized spacial score (nSPS) is 15.8. The third kappa shape index (κ3) is 4.49. The molecule has 2 aromatic heterocycles. The highest BCUT2D eigenvalue weighted by molar-refractivity contribution is 7.89. The molecule has 3 heterocycles. The smallest absolute Gasteiger partial charge is 0.274 e. The summed E-state index contributed by atoms with van der Waals surface area (Å²) in [6.07, 6.45) is 3.44. The molecule has 10 heteroatoms. The van der Waals surface area contributed by atoms with Crippen LogP contribution in [0.3, 0.4) is 0 Å². The standard InChI is InChI=1S/C24H33N5O4S/c1-5-8-22-25-17(4)23-24(30)26-20(16-29(22)23)19-15-18(9-10-21(19)33-7-3)34(31,32)28-13-11-27(6-2)12-14-28/h9-10,15-16H,5-8,11-14H2,1-4H3,(H,26,30). The molecule has 0 spiro atoms. The Morgan fingerprint density at radius 1 is 1.12 bits per heavy atom. The minimum absolute atomic E-state index is 0.187. The van der Waals surface area contributed by atoms with Crippen molar-refractivity contribution < 1.29 is 13.2 Å². The highest BCUT2D eigenvalue weighted by atomic mass is 32.2. The topological polar surface area (TPSA) is 100 Å². The Morgan fingerprint density at radius 2 is 1.85 bits per heavy atom. The van der Waals surface area contributed by atoms with Crippen molar-refractivity contribution in [3.8, 4) is 17.0 Å². The highest BCUT2D eigenvalue weighted by Gasteiger charge is 2.29. The third-order valence-electron chi connectivity index (χ3n) is 6.31. The Bertz CT molecular complexity index is 1340. The van der Waals surface area contributed by atoms with Gasteiger partial charge in [0.1, 0.15) is 17.1 Å². The number of imidazole rings is 1. The molecule has 1 aliphatic rings.